The van der Waals surface area contributed by atoms with Crippen LogP contribution in [0.1, 0.15) is 112 Å². The van der Waals surface area contributed by atoms with Crippen LogP contribution in [0.4, 0.5) is 0 Å². The summed E-state index contributed by atoms with van der Waals surface area (Å²) in [5.74, 6) is 5.93. The fraction of sp³-hybridized carbons (Fsp3) is 0.903. The number of ether oxygens (including phenoxy) is 2. The first-order valence-electron chi connectivity index (χ1n) is 14.6. The highest BCUT2D eigenvalue weighted by Crippen LogP contribution is 2.68. The zero-order chi connectivity index (χ0) is 24.5. The van der Waals surface area contributed by atoms with Crippen LogP contribution in [0.5, 0.6) is 0 Å². The molecule has 0 N–H and O–H groups in total. The van der Waals surface area contributed by atoms with Gasteiger partial charge in [0.1, 0.15) is 0 Å². The molecule has 4 saturated carbocycles. The normalized spacial score (nSPS) is 42.7. The quantitative estimate of drug-likeness (QED) is 0.203. The van der Waals surface area contributed by atoms with Gasteiger partial charge in [-0.25, -0.2) is 4.79 Å². The van der Waals surface area contributed by atoms with Crippen molar-refractivity contribution in [1.82, 2.24) is 0 Å². The summed E-state index contributed by atoms with van der Waals surface area (Å²) in [5, 5.41) is 0. The molecule has 3 heteroatoms. The SMILES string of the molecule is COC(=O)/C=C/O[C@H]1CC[C@@]2(C)[C@@H](CC[C@@H]3[C@@H]2CC[C@]2(C)[C@@H]([C@H](C)CCCC(C)C)CC[C@@H]32)C1. The minimum Gasteiger partial charge on any atom is -0.498 e. The maximum atomic E-state index is 11.4. The highest BCUT2D eigenvalue weighted by molar-refractivity contribution is 5.81. The second-order valence-corrected chi connectivity index (χ2v) is 13.5. The van der Waals surface area contributed by atoms with Crippen LogP contribution >= 0.6 is 0 Å². The Morgan fingerprint density at radius 2 is 1.68 bits per heavy atom. The summed E-state index contributed by atoms with van der Waals surface area (Å²) in [4.78, 5) is 11.4. The smallest absolute Gasteiger partial charge is 0.333 e. The number of rotatable bonds is 8. The first-order valence-corrected chi connectivity index (χ1v) is 14.6. The van der Waals surface area contributed by atoms with E-state index in [1.54, 1.807) is 6.26 Å². The summed E-state index contributed by atoms with van der Waals surface area (Å²) in [7, 11) is 1.41. The lowest BCUT2D eigenvalue weighted by atomic mass is 9.44. The van der Waals surface area contributed by atoms with E-state index in [4.69, 9.17) is 4.74 Å². The van der Waals surface area contributed by atoms with E-state index in [1.165, 1.54) is 77.4 Å². The molecule has 0 aromatic carbocycles. The Morgan fingerprint density at radius 3 is 2.41 bits per heavy atom. The van der Waals surface area contributed by atoms with Crippen LogP contribution < -0.4 is 0 Å². The largest absolute Gasteiger partial charge is 0.498 e. The molecule has 0 aliphatic heterocycles. The van der Waals surface area contributed by atoms with Gasteiger partial charge in [0.05, 0.1) is 25.6 Å². The lowest BCUT2D eigenvalue weighted by Crippen LogP contribution is -2.54. The molecule has 9 atom stereocenters. The molecule has 34 heavy (non-hydrogen) atoms. The predicted octanol–water partition coefficient (Wildman–Crippen LogP) is 8.18. The van der Waals surface area contributed by atoms with Crippen LogP contribution in [0, 0.1) is 52.3 Å². The first kappa shape index (κ1) is 26.1. The van der Waals surface area contributed by atoms with E-state index >= 15 is 0 Å². The van der Waals surface area contributed by atoms with Gasteiger partial charge in [0.25, 0.3) is 0 Å². The maximum Gasteiger partial charge on any atom is 0.333 e. The predicted molar refractivity (Wildman–Crippen MR) is 139 cm³/mol. The lowest BCUT2D eigenvalue weighted by molar-refractivity contribution is -0.135. The Kier molecular flexibility index (Phi) is 8.10. The Hall–Kier alpha value is -0.990. The van der Waals surface area contributed by atoms with Crippen LogP contribution in [0.25, 0.3) is 0 Å². The van der Waals surface area contributed by atoms with Crippen molar-refractivity contribution < 1.29 is 14.3 Å². The van der Waals surface area contributed by atoms with E-state index in [2.05, 4.69) is 39.4 Å². The van der Waals surface area contributed by atoms with Gasteiger partial charge in [0.2, 0.25) is 0 Å². The minimum atomic E-state index is -0.337. The summed E-state index contributed by atoms with van der Waals surface area (Å²) in [6, 6.07) is 0. The molecule has 0 bridgehead atoms. The van der Waals surface area contributed by atoms with Crippen LogP contribution in [0.3, 0.4) is 0 Å². The van der Waals surface area contributed by atoms with Crippen molar-refractivity contribution in [2.24, 2.45) is 52.3 Å². The van der Waals surface area contributed by atoms with Gasteiger partial charge in [-0.1, -0.05) is 53.9 Å². The molecule has 194 valence electrons. The Labute approximate surface area is 209 Å². The summed E-state index contributed by atoms with van der Waals surface area (Å²) >= 11 is 0. The third-order valence-corrected chi connectivity index (χ3v) is 11.5. The van der Waals surface area contributed by atoms with Crippen molar-refractivity contribution in [3.8, 4) is 0 Å². The average Bonchev–Trinajstić information content (AvgIpc) is 3.16. The second-order valence-electron chi connectivity index (χ2n) is 13.5. The zero-order valence-electron chi connectivity index (χ0n) is 23.0. The van der Waals surface area contributed by atoms with Gasteiger partial charge in [0, 0.05) is 0 Å². The van der Waals surface area contributed by atoms with Crippen molar-refractivity contribution >= 4 is 5.97 Å². The molecule has 0 amide bonds. The molecule has 0 spiro atoms. The lowest BCUT2D eigenvalue weighted by Gasteiger charge is -2.61. The molecule has 4 rings (SSSR count). The van der Waals surface area contributed by atoms with Crippen molar-refractivity contribution in [1.29, 1.82) is 0 Å². The standard InChI is InChI=1S/C31H52O3/c1-21(2)8-7-9-22(3)26-12-13-27-25-11-10-23-20-24(34-19-16-29(32)33-6)14-17-30(23,4)28(25)15-18-31(26,27)5/h16,19,21-28H,7-15,17-18,20H2,1-6H3/b19-16+/t22-,23+,24+,25+,26-,27+,28+,30+,31-/m1/s1. The van der Waals surface area contributed by atoms with Crippen molar-refractivity contribution in [2.45, 2.75) is 118 Å². The molecule has 0 radical (unpaired) electrons. The number of esters is 1. The molecule has 0 aromatic heterocycles. The third kappa shape index (κ3) is 4.96. The van der Waals surface area contributed by atoms with Crippen LogP contribution in [0.2, 0.25) is 0 Å². The molecule has 0 saturated heterocycles. The molecule has 0 unspecified atom stereocenters. The molecule has 4 aliphatic carbocycles. The molecule has 4 aliphatic rings. The van der Waals surface area contributed by atoms with Gasteiger partial charge in [0.15, 0.2) is 0 Å². The number of methoxy groups -OCH3 is 1. The van der Waals surface area contributed by atoms with Gasteiger partial charge >= 0.3 is 5.97 Å². The number of fused-ring (bicyclic) bond motifs is 5. The fourth-order valence-corrected chi connectivity index (χ4v) is 9.64. The Bertz CT molecular complexity index is 728. The Morgan fingerprint density at radius 1 is 0.941 bits per heavy atom. The first-order chi connectivity index (χ1) is 16.2. The summed E-state index contributed by atoms with van der Waals surface area (Å²) in [5.41, 5.74) is 1.07. The van der Waals surface area contributed by atoms with Crippen molar-refractivity contribution in [3.63, 3.8) is 0 Å². The number of carbonyl (C=O) groups excluding carboxylic acids is 1. The van der Waals surface area contributed by atoms with Crippen molar-refractivity contribution in [2.75, 3.05) is 7.11 Å². The van der Waals surface area contributed by atoms with Crippen molar-refractivity contribution in [3.05, 3.63) is 12.3 Å². The summed E-state index contributed by atoms with van der Waals surface area (Å²) in [6.07, 6.45) is 19.7. The van der Waals surface area contributed by atoms with Gasteiger partial charge in [-0.2, -0.15) is 0 Å². The number of hydrogen-bond acceptors (Lipinski definition) is 3. The molecule has 3 nitrogen and oxygen atoms in total. The van der Waals surface area contributed by atoms with Gasteiger partial charge < -0.3 is 9.47 Å². The van der Waals surface area contributed by atoms with E-state index in [9.17, 15) is 4.79 Å². The van der Waals surface area contributed by atoms with Crippen LogP contribution in [-0.2, 0) is 14.3 Å². The van der Waals surface area contributed by atoms with Gasteiger partial charge in [-0.15, -0.1) is 0 Å². The molecular weight excluding hydrogens is 420 g/mol. The third-order valence-electron chi connectivity index (χ3n) is 11.5. The molecule has 0 heterocycles. The average molecular weight is 473 g/mol. The molecule has 4 fully saturated rings. The van der Waals surface area contributed by atoms with E-state index in [1.807, 2.05) is 0 Å². The van der Waals surface area contributed by atoms with E-state index < -0.39 is 0 Å². The van der Waals surface area contributed by atoms with Crippen LogP contribution in [0.15, 0.2) is 12.3 Å². The monoisotopic (exact) mass is 472 g/mol. The van der Waals surface area contributed by atoms with E-state index in [-0.39, 0.29) is 12.1 Å². The summed E-state index contributed by atoms with van der Waals surface area (Å²) in [6.45, 7) is 12.7. The highest BCUT2D eigenvalue weighted by Gasteiger charge is 2.60. The fourth-order valence-electron chi connectivity index (χ4n) is 9.64. The molecule has 0 aromatic rings. The maximum absolute atomic E-state index is 11.4. The zero-order valence-corrected chi connectivity index (χ0v) is 23.0. The Balaban J connectivity index is 1.38. The van der Waals surface area contributed by atoms with Gasteiger partial charge in [-0.05, 0) is 110 Å². The van der Waals surface area contributed by atoms with E-state index in [0.29, 0.717) is 10.8 Å². The number of hydrogen-bond donors (Lipinski definition) is 0. The highest BCUT2D eigenvalue weighted by atomic mass is 16.5. The van der Waals surface area contributed by atoms with Crippen LogP contribution in [-0.4, -0.2) is 19.2 Å². The van der Waals surface area contributed by atoms with Gasteiger partial charge in [-0.3, -0.25) is 0 Å². The van der Waals surface area contributed by atoms with E-state index in [0.717, 1.165) is 54.3 Å². The molecular formula is C31H52O3. The second kappa shape index (κ2) is 10.6. The number of carbonyl (C=O) groups is 1. The minimum absolute atomic E-state index is 0.256. The summed E-state index contributed by atoms with van der Waals surface area (Å²) < 4.78 is 10.7. The topological polar surface area (TPSA) is 35.5 Å².